The normalized spacial score (nSPS) is 22.8. The highest BCUT2D eigenvalue weighted by Gasteiger charge is 2.42. The van der Waals surface area contributed by atoms with Crippen LogP contribution in [0.2, 0.25) is 0 Å². The Bertz CT molecular complexity index is 803. The Hall–Kier alpha value is -2.57. The highest BCUT2D eigenvalue weighted by Crippen LogP contribution is 2.39. The maximum absolute atomic E-state index is 13.0. The predicted molar refractivity (Wildman–Crippen MR) is 112 cm³/mol. The third-order valence-electron chi connectivity index (χ3n) is 6.27. The highest BCUT2D eigenvalue weighted by molar-refractivity contribution is 6.06. The Labute approximate surface area is 166 Å². The van der Waals surface area contributed by atoms with Crippen molar-refractivity contribution in [2.75, 3.05) is 18.0 Å². The van der Waals surface area contributed by atoms with Gasteiger partial charge in [0.05, 0.1) is 0 Å². The summed E-state index contributed by atoms with van der Waals surface area (Å²) in [5.74, 6) is 1.37. The third-order valence-corrected chi connectivity index (χ3v) is 6.27. The van der Waals surface area contributed by atoms with Gasteiger partial charge in [0.15, 0.2) is 0 Å². The van der Waals surface area contributed by atoms with Crippen molar-refractivity contribution in [3.8, 4) is 0 Å². The summed E-state index contributed by atoms with van der Waals surface area (Å²) in [7, 11) is 0. The van der Waals surface area contributed by atoms with Gasteiger partial charge in [-0.3, -0.25) is 9.69 Å². The van der Waals surface area contributed by atoms with Crippen molar-refractivity contribution in [1.29, 1.82) is 0 Å². The molecule has 1 aromatic carbocycles. The number of piperidine rings is 1. The minimum Gasteiger partial charge on any atom is -0.369 e. The molecule has 1 aliphatic carbocycles. The zero-order valence-corrected chi connectivity index (χ0v) is 16.6. The van der Waals surface area contributed by atoms with Gasteiger partial charge in [0.1, 0.15) is 5.66 Å². The molecule has 2 fully saturated rings. The molecule has 2 aliphatic heterocycles. The smallest absolute Gasteiger partial charge is 0.253 e. The van der Waals surface area contributed by atoms with E-state index >= 15 is 0 Å². The van der Waals surface area contributed by atoms with E-state index in [1.807, 2.05) is 34.1 Å². The fourth-order valence-corrected chi connectivity index (χ4v) is 4.67. The van der Waals surface area contributed by atoms with Crippen LogP contribution in [0.15, 0.2) is 34.3 Å². The molecular formula is C21H30N6O. The van der Waals surface area contributed by atoms with E-state index in [1.54, 1.807) is 0 Å². The minimum atomic E-state index is -0.490. The van der Waals surface area contributed by atoms with Crippen LogP contribution in [0, 0.1) is 5.92 Å². The van der Waals surface area contributed by atoms with Gasteiger partial charge in [-0.1, -0.05) is 19.4 Å². The lowest BCUT2D eigenvalue weighted by Crippen LogP contribution is -2.58. The molecule has 0 unspecified atom stereocenters. The second-order valence-electron chi connectivity index (χ2n) is 8.34. The monoisotopic (exact) mass is 382 g/mol. The van der Waals surface area contributed by atoms with Gasteiger partial charge in [0.2, 0.25) is 11.9 Å². The van der Waals surface area contributed by atoms with Gasteiger partial charge in [-0.15, -0.1) is 0 Å². The van der Waals surface area contributed by atoms with Crippen LogP contribution in [0.5, 0.6) is 0 Å². The molecule has 150 valence electrons. The van der Waals surface area contributed by atoms with Crippen LogP contribution in [0.1, 0.15) is 62.2 Å². The molecular weight excluding hydrogens is 352 g/mol. The van der Waals surface area contributed by atoms with Gasteiger partial charge in [-0.25, -0.2) is 4.99 Å². The van der Waals surface area contributed by atoms with Gasteiger partial charge >= 0.3 is 0 Å². The van der Waals surface area contributed by atoms with Gasteiger partial charge in [-0.2, -0.15) is 4.99 Å². The molecule has 1 saturated carbocycles. The number of hydrogen-bond acceptors (Lipinski definition) is 6. The SMILES string of the molecule is CC1CCN(C(=O)c2cccc(N3C(N)=NC(N)=NC34CCCCC4)c2)CC1. The van der Waals surface area contributed by atoms with E-state index in [-0.39, 0.29) is 11.9 Å². The number of carbonyl (C=O) groups excluding carboxylic acids is 1. The molecule has 7 nitrogen and oxygen atoms in total. The second-order valence-corrected chi connectivity index (χ2v) is 8.34. The van der Waals surface area contributed by atoms with Crippen molar-refractivity contribution in [2.24, 2.45) is 27.4 Å². The van der Waals surface area contributed by atoms with Crippen LogP contribution in [0.4, 0.5) is 5.69 Å². The summed E-state index contributed by atoms with van der Waals surface area (Å²) >= 11 is 0. The number of nitrogens with zero attached hydrogens (tertiary/aromatic N) is 4. The Morgan fingerprint density at radius 2 is 1.86 bits per heavy atom. The van der Waals surface area contributed by atoms with Crippen molar-refractivity contribution in [3.05, 3.63) is 29.8 Å². The van der Waals surface area contributed by atoms with E-state index in [1.165, 1.54) is 6.42 Å². The van der Waals surface area contributed by atoms with Crippen LogP contribution in [-0.2, 0) is 0 Å². The zero-order chi connectivity index (χ0) is 19.7. The number of anilines is 1. The summed E-state index contributed by atoms with van der Waals surface area (Å²) in [6, 6.07) is 7.70. The summed E-state index contributed by atoms with van der Waals surface area (Å²) < 4.78 is 0. The summed E-state index contributed by atoms with van der Waals surface area (Å²) in [4.78, 5) is 25.9. The molecule has 4 rings (SSSR count). The molecule has 1 amide bonds. The van der Waals surface area contributed by atoms with E-state index in [0.717, 1.165) is 57.3 Å². The first-order valence-corrected chi connectivity index (χ1v) is 10.4. The molecule has 0 atom stereocenters. The molecule has 0 bridgehead atoms. The summed E-state index contributed by atoms with van der Waals surface area (Å²) in [6.45, 7) is 3.89. The van der Waals surface area contributed by atoms with Crippen molar-refractivity contribution >= 4 is 23.5 Å². The summed E-state index contributed by atoms with van der Waals surface area (Å²) in [5.41, 5.74) is 13.3. The molecule has 4 N–H and O–H groups in total. The topological polar surface area (TPSA) is 100 Å². The van der Waals surface area contributed by atoms with E-state index < -0.39 is 5.66 Å². The predicted octanol–water partition coefficient (Wildman–Crippen LogP) is 2.67. The fraction of sp³-hybridized carbons (Fsp3) is 0.571. The maximum Gasteiger partial charge on any atom is 0.253 e. The number of likely N-dealkylation sites (tertiary alicyclic amines) is 1. The molecule has 28 heavy (non-hydrogen) atoms. The van der Waals surface area contributed by atoms with E-state index in [9.17, 15) is 4.79 Å². The average Bonchev–Trinajstić information content (AvgIpc) is 2.68. The number of amides is 1. The van der Waals surface area contributed by atoms with E-state index in [0.29, 0.717) is 17.4 Å². The number of benzene rings is 1. The lowest BCUT2D eigenvalue weighted by Gasteiger charge is -2.45. The summed E-state index contributed by atoms with van der Waals surface area (Å²) in [5, 5.41) is 0. The quantitative estimate of drug-likeness (QED) is 0.821. The number of hydrogen-bond donors (Lipinski definition) is 2. The van der Waals surface area contributed by atoms with Crippen molar-refractivity contribution < 1.29 is 4.79 Å². The number of carbonyl (C=O) groups is 1. The van der Waals surface area contributed by atoms with Crippen molar-refractivity contribution in [2.45, 2.75) is 57.5 Å². The Morgan fingerprint density at radius 3 is 2.57 bits per heavy atom. The largest absolute Gasteiger partial charge is 0.369 e. The fourth-order valence-electron chi connectivity index (χ4n) is 4.67. The standard InChI is InChI=1S/C21H30N6O/c1-15-8-12-26(13-9-15)18(28)16-6-5-7-17(14-16)27-20(23)24-19(22)25-21(27)10-3-2-4-11-21/h5-7,14-15H,2-4,8-13H2,1H3,(H4,22,23,24,25). The third kappa shape index (κ3) is 3.45. The summed E-state index contributed by atoms with van der Waals surface area (Å²) in [6.07, 6.45) is 7.23. The molecule has 1 spiro atoms. The highest BCUT2D eigenvalue weighted by atomic mass is 16.2. The molecule has 7 heteroatoms. The number of nitrogens with two attached hydrogens (primary N) is 2. The van der Waals surface area contributed by atoms with Gasteiger partial charge in [0, 0.05) is 24.3 Å². The molecule has 3 aliphatic rings. The van der Waals surface area contributed by atoms with Gasteiger partial charge < -0.3 is 16.4 Å². The first kappa shape index (κ1) is 18.8. The molecule has 2 heterocycles. The molecule has 0 radical (unpaired) electrons. The van der Waals surface area contributed by atoms with Gasteiger partial charge in [0.25, 0.3) is 5.91 Å². The number of aliphatic imine (C=N–C) groups is 2. The first-order valence-electron chi connectivity index (χ1n) is 10.4. The second kappa shape index (κ2) is 7.45. The zero-order valence-electron chi connectivity index (χ0n) is 16.6. The van der Waals surface area contributed by atoms with Crippen molar-refractivity contribution in [3.63, 3.8) is 0 Å². The van der Waals surface area contributed by atoms with Crippen LogP contribution in [-0.4, -0.2) is 41.5 Å². The minimum absolute atomic E-state index is 0.0852. The van der Waals surface area contributed by atoms with Gasteiger partial charge in [-0.05, 0) is 62.6 Å². The maximum atomic E-state index is 13.0. The Morgan fingerprint density at radius 1 is 1.14 bits per heavy atom. The Kier molecular flexibility index (Phi) is 5.00. The molecule has 1 aromatic rings. The van der Waals surface area contributed by atoms with Crippen LogP contribution in [0.25, 0.3) is 0 Å². The molecule has 1 saturated heterocycles. The Balaban J connectivity index is 1.64. The lowest BCUT2D eigenvalue weighted by atomic mass is 9.87. The van der Waals surface area contributed by atoms with E-state index in [4.69, 9.17) is 16.5 Å². The number of guanidine groups is 2. The van der Waals surface area contributed by atoms with Crippen LogP contribution >= 0.6 is 0 Å². The average molecular weight is 383 g/mol. The number of rotatable bonds is 2. The van der Waals surface area contributed by atoms with Crippen molar-refractivity contribution in [1.82, 2.24) is 4.90 Å². The lowest BCUT2D eigenvalue weighted by molar-refractivity contribution is 0.0697. The first-order chi connectivity index (χ1) is 13.5. The molecule has 0 aromatic heterocycles. The van der Waals surface area contributed by atoms with Crippen LogP contribution < -0.4 is 16.4 Å². The van der Waals surface area contributed by atoms with Crippen LogP contribution in [0.3, 0.4) is 0 Å². The van der Waals surface area contributed by atoms with E-state index in [2.05, 4.69) is 11.9 Å².